The minimum absolute atomic E-state index is 0.130. The van der Waals surface area contributed by atoms with E-state index in [0.717, 1.165) is 21.5 Å². The van der Waals surface area contributed by atoms with Gasteiger partial charge in [-0.3, -0.25) is 9.59 Å². The van der Waals surface area contributed by atoms with Gasteiger partial charge in [0, 0.05) is 25.6 Å². The fourth-order valence-corrected chi connectivity index (χ4v) is 5.82. The largest absolute Gasteiger partial charge is 0.493 e. The molecule has 1 heterocycles. The molecule has 1 saturated heterocycles. The summed E-state index contributed by atoms with van der Waals surface area (Å²) in [6.45, 7) is 0.162. The highest BCUT2D eigenvalue weighted by Gasteiger charge is 2.59. The maximum Gasteiger partial charge on any atom is 0.254 e. The van der Waals surface area contributed by atoms with Crippen molar-refractivity contribution in [3.63, 3.8) is 0 Å². The first-order chi connectivity index (χ1) is 15.9. The van der Waals surface area contributed by atoms with Gasteiger partial charge in [-0.25, -0.2) is 0 Å². The Hall–Kier alpha value is -2.35. The number of rotatable bonds is 6. The van der Waals surface area contributed by atoms with Gasteiger partial charge in [0.05, 0.1) is 25.2 Å². The molecule has 0 N–H and O–H groups in total. The zero-order valence-electron chi connectivity index (χ0n) is 17.5. The van der Waals surface area contributed by atoms with E-state index in [2.05, 4.69) is 33.2 Å². The third-order valence-corrected chi connectivity index (χ3v) is 7.46. The van der Waals surface area contributed by atoms with E-state index in [0.29, 0.717) is 27.1 Å². The number of amides is 2. The van der Waals surface area contributed by atoms with Crippen LogP contribution >= 0.6 is 39.1 Å². The second-order valence-corrected chi connectivity index (χ2v) is 10.0. The van der Waals surface area contributed by atoms with E-state index >= 15 is 0 Å². The summed E-state index contributed by atoms with van der Waals surface area (Å²) in [4.78, 5) is 25.9. The van der Waals surface area contributed by atoms with Crippen molar-refractivity contribution < 1.29 is 19.1 Å². The third-order valence-electron chi connectivity index (χ3n) is 6.41. The number of fused-ring (bicyclic) bond motifs is 5. The predicted octanol–water partition coefficient (Wildman–Crippen LogP) is 5.48. The van der Waals surface area contributed by atoms with E-state index in [-0.39, 0.29) is 42.1 Å². The number of halogens is 3. The standard InChI is InChI=1S/C24H19BrCl2N2O4/c1-32-19-8-16(25)7-15(22(19)33-11-14-4-5-17(26)9-18(14)27)10-28-29-23(30)20-12-2-3-13(6-12)21(20)24(29)31/h2-5,7-10,12-13,20-21H,6,11H2,1H3/t12-,13-,20-,21+/m0/s1. The zero-order chi connectivity index (χ0) is 23.3. The molecule has 4 atom stereocenters. The lowest BCUT2D eigenvalue weighted by Crippen LogP contribution is -2.28. The Morgan fingerprint density at radius 1 is 1.12 bits per heavy atom. The molecule has 0 spiro atoms. The van der Waals surface area contributed by atoms with Crippen molar-refractivity contribution in [1.29, 1.82) is 0 Å². The maximum atomic E-state index is 12.9. The Morgan fingerprint density at radius 3 is 2.45 bits per heavy atom. The van der Waals surface area contributed by atoms with E-state index in [1.807, 2.05) is 0 Å². The summed E-state index contributed by atoms with van der Waals surface area (Å²) in [6, 6.07) is 8.70. The molecule has 2 aromatic rings. The summed E-state index contributed by atoms with van der Waals surface area (Å²) in [5.41, 5.74) is 1.29. The zero-order valence-corrected chi connectivity index (χ0v) is 20.6. The van der Waals surface area contributed by atoms with Gasteiger partial charge in [-0.1, -0.05) is 57.4 Å². The Balaban J connectivity index is 1.42. The first kappa shape index (κ1) is 22.4. The molecule has 9 heteroatoms. The molecule has 0 radical (unpaired) electrons. The molecular formula is C24H19BrCl2N2O4. The first-order valence-corrected chi connectivity index (χ1v) is 12.0. The van der Waals surface area contributed by atoms with Crippen LogP contribution in [0.5, 0.6) is 11.5 Å². The molecule has 1 aliphatic heterocycles. The van der Waals surface area contributed by atoms with Gasteiger partial charge < -0.3 is 9.47 Å². The summed E-state index contributed by atoms with van der Waals surface area (Å²) in [6.07, 6.45) is 6.44. The lowest BCUT2D eigenvalue weighted by molar-refractivity contribution is -0.140. The highest BCUT2D eigenvalue weighted by molar-refractivity contribution is 9.10. The normalized spacial score (nSPS) is 25.4. The van der Waals surface area contributed by atoms with Gasteiger partial charge in [-0.15, -0.1) is 0 Å². The Kier molecular flexibility index (Phi) is 5.97. The van der Waals surface area contributed by atoms with Crippen molar-refractivity contribution in [2.24, 2.45) is 28.8 Å². The van der Waals surface area contributed by atoms with E-state index < -0.39 is 0 Å². The van der Waals surface area contributed by atoms with Crippen LogP contribution in [0, 0.1) is 23.7 Å². The van der Waals surface area contributed by atoms with Crippen LogP contribution in [-0.4, -0.2) is 30.1 Å². The van der Waals surface area contributed by atoms with Crippen molar-refractivity contribution >= 4 is 57.2 Å². The predicted molar refractivity (Wildman–Crippen MR) is 129 cm³/mol. The number of allylic oxidation sites excluding steroid dienone is 2. The lowest BCUT2D eigenvalue weighted by atomic mass is 9.85. The molecule has 2 bridgehead atoms. The summed E-state index contributed by atoms with van der Waals surface area (Å²) < 4.78 is 12.3. The van der Waals surface area contributed by atoms with Gasteiger partial charge in [0.1, 0.15) is 6.61 Å². The first-order valence-electron chi connectivity index (χ1n) is 10.4. The highest BCUT2D eigenvalue weighted by Crippen LogP contribution is 2.52. The molecule has 5 rings (SSSR count). The average molecular weight is 550 g/mol. The van der Waals surface area contributed by atoms with Crippen LogP contribution in [0.3, 0.4) is 0 Å². The molecule has 2 aromatic carbocycles. The van der Waals surface area contributed by atoms with Crippen LogP contribution in [0.15, 0.2) is 52.1 Å². The van der Waals surface area contributed by atoms with E-state index in [4.69, 9.17) is 32.7 Å². The molecule has 2 fully saturated rings. The smallest absolute Gasteiger partial charge is 0.254 e. The van der Waals surface area contributed by atoms with Gasteiger partial charge in [-0.05, 0) is 42.5 Å². The number of methoxy groups -OCH3 is 1. The quantitative estimate of drug-likeness (QED) is 0.271. The number of hydrogen-bond donors (Lipinski definition) is 0. The molecule has 3 aliphatic rings. The SMILES string of the molecule is COc1cc(Br)cc(C=NN2C(=O)[C@@H]3[C@H](C2=O)[C@H]2C=C[C@H]3C2)c1OCc1ccc(Cl)cc1Cl. The van der Waals surface area contributed by atoms with Crippen LogP contribution in [0.2, 0.25) is 10.0 Å². The molecule has 170 valence electrons. The Morgan fingerprint density at radius 2 is 1.82 bits per heavy atom. The average Bonchev–Trinajstić information content (AvgIpc) is 3.46. The minimum atomic E-state index is -0.301. The van der Waals surface area contributed by atoms with Crippen LogP contribution in [0.25, 0.3) is 0 Å². The number of nitrogens with zero attached hydrogens (tertiary/aromatic N) is 2. The molecule has 1 saturated carbocycles. The molecule has 0 unspecified atom stereocenters. The molecule has 2 amide bonds. The summed E-state index contributed by atoms with van der Waals surface area (Å²) in [5.74, 6) is 0.0572. The molecule has 0 aromatic heterocycles. The molecule has 6 nitrogen and oxygen atoms in total. The van der Waals surface area contributed by atoms with Crippen molar-refractivity contribution in [3.05, 3.63) is 68.1 Å². The highest BCUT2D eigenvalue weighted by atomic mass is 79.9. The summed E-state index contributed by atoms with van der Waals surface area (Å²) in [5, 5.41) is 6.30. The van der Waals surface area contributed by atoms with Crippen molar-refractivity contribution in [1.82, 2.24) is 5.01 Å². The van der Waals surface area contributed by atoms with Crippen molar-refractivity contribution in [2.75, 3.05) is 7.11 Å². The number of carbonyl (C=O) groups excluding carboxylic acids is 2. The second kappa shape index (κ2) is 8.78. The summed E-state index contributed by atoms with van der Waals surface area (Å²) in [7, 11) is 1.53. The van der Waals surface area contributed by atoms with E-state index in [1.165, 1.54) is 13.3 Å². The van der Waals surface area contributed by atoms with Crippen LogP contribution in [0.4, 0.5) is 0 Å². The number of imide groups is 1. The van der Waals surface area contributed by atoms with Gasteiger partial charge in [-0.2, -0.15) is 10.1 Å². The molecule has 33 heavy (non-hydrogen) atoms. The Labute approximate surface area is 209 Å². The third kappa shape index (κ3) is 3.96. The second-order valence-electron chi connectivity index (χ2n) is 8.28. The number of ether oxygens (including phenoxy) is 2. The fraction of sp³-hybridized carbons (Fsp3) is 0.292. The van der Waals surface area contributed by atoms with E-state index in [1.54, 1.807) is 30.3 Å². The number of hydrogen-bond acceptors (Lipinski definition) is 5. The van der Waals surface area contributed by atoms with Crippen LogP contribution in [0.1, 0.15) is 17.5 Å². The Bertz CT molecular complexity index is 1190. The fourth-order valence-electron chi connectivity index (χ4n) is 4.90. The van der Waals surface area contributed by atoms with Crippen LogP contribution < -0.4 is 9.47 Å². The maximum absolute atomic E-state index is 12.9. The van der Waals surface area contributed by atoms with E-state index in [9.17, 15) is 9.59 Å². The number of carbonyl (C=O) groups is 2. The van der Waals surface area contributed by atoms with Gasteiger partial charge >= 0.3 is 0 Å². The summed E-state index contributed by atoms with van der Waals surface area (Å²) >= 11 is 15.7. The monoisotopic (exact) mass is 548 g/mol. The molecule has 2 aliphatic carbocycles. The van der Waals surface area contributed by atoms with Gasteiger partial charge in [0.2, 0.25) is 0 Å². The van der Waals surface area contributed by atoms with Gasteiger partial charge in [0.15, 0.2) is 11.5 Å². The minimum Gasteiger partial charge on any atom is -0.493 e. The van der Waals surface area contributed by atoms with Crippen molar-refractivity contribution in [3.8, 4) is 11.5 Å². The number of hydrazone groups is 1. The lowest BCUT2D eigenvalue weighted by Gasteiger charge is -2.15. The van der Waals surface area contributed by atoms with Crippen molar-refractivity contribution in [2.45, 2.75) is 13.0 Å². The number of benzene rings is 2. The van der Waals surface area contributed by atoms with Gasteiger partial charge in [0.25, 0.3) is 11.8 Å². The molecular weight excluding hydrogens is 531 g/mol. The topological polar surface area (TPSA) is 68.2 Å². The van der Waals surface area contributed by atoms with Crippen LogP contribution in [-0.2, 0) is 16.2 Å².